The molecule has 0 atom stereocenters. The molecule has 0 radical (unpaired) electrons. The molecule has 0 saturated carbocycles. The number of benzene rings is 2. The summed E-state index contributed by atoms with van der Waals surface area (Å²) in [5.74, 6) is 5.59. The lowest BCUT2D eigenvalue weighted by molar-refractivity contribution is 0.254. The second-order valence-electron chi connectivity index (χ2n) is 6.85. The maximum absolute atomic E-state index is 14.5. The summed E-state index contributed by atoms with van der Waals surface area (Å²) in [4.78, 5) is 13.6. The Bertz CT molecular complexity index is 1240. The minimum Gasteiger partial charge on any atom is -0.487 e. The van der Waals surface area contributed by atoms with E-state index in [2.05, 4.69) is 31.8 Å². The van der Waals surface area contributed by atoms with Crippen LogP contribution in [0.5, 0.6) is 11.6 Å². The summed E-state index contributed by atoms with van der Waals surface area (Å²) >= 11 is 0. The summed E-state index contributed by atoms with van der Waals surface area (Å²) in [5.41, 5.74) is 10.6. The van der Waals surface area contributed by atoms with Gasteiger partial charge >= 0.3 is 0 Å². The molecule has 3 aromatic rings. The number of fused-ring (bicyclic) bond motifs is 1. The van der Waals surface area contributed by atoms with Crippen molar-refractivity contribution >= 4 is 16.7 Å². The van der Waals surface area contributed by atoms with Crippen molar-refractivity contribution in [2.75, 3.05) is 27.2 Å². The van der Waals surface area contributed by atoms with Crippen LogP contribution in [0.2, 0.25) is 0 Å². The Balaban J connectivity index is 2.05. The fraction of sp³-hybridized carbons (Fsp3) is 0.217. The Labute approximate surface area is 184 Å². The molecule has 0 aliphatic rings. The van der Waals surface area contributed by atoms with Gasteiger partial charge in [0.1, 0.15) is 12.1 Å². The topological polar surface area (TPSA) is 96.2 Å². The van der Waals surface area contributed by atoms with E-state index in [1.54, 1.807) is 37.3 Å². The molecule has 0 bridgehead atoms. The number of hydrogen-bond acceptors (Lipinski definition) is 6. The highest BCUT2D eigenvalue weighted by molar-refractivity contribution is 5.82. The highest BCUT2D eigenvalue weighted by atomic mass is 19.1. The van der Waals surface area contributed by atoms with Crippen molar-refractivity contribution in [3.63, 3.8) is 0 Å². The summed E-state index contributed by atoms with van der Waals surface area (Å²) in [6.45, 7) is 2.71. The van der Waals surface area contributed by atoms with Gasteiger partial charge in [0, 0.05) is 22.7 Å². The predicted molar refractivity (Wildman–Crippen MR) is 120 cm³/mol. The molecule has 162 valence electrons. The fourth-order valence-corrected chi connectivity index (χ4v) is 2.61. The lowest BCUT2D eigenvalue weighted by atomic mass is 10.2. The van der Waals surface area contributed by atoms with E-state index in [9.17, 15) is 4.39 Å². The van der Waals surface area contributed by atoms with E-state index in [-0.39, 0.29) is 22.8 Å². The first-order valence-electron chi connectivity index (χ1n) is 9.74. The molecule has 0 N–H and O–H groups in total. The van der Waals surface area contributed by atoms with Crippen LogP contribution in [0, 0.1) is 17.7 Å². The first-order valence-corrected chi connectivity index (χ1v) is 9.74. The van der Waals surface area contributed by atoms with Gasteiger partial charge in [-0.25, -0.2) is 14.4 Å². The van der Waals surface area contributed by atoms with Gasteiger partial charge in [0.15, 0.2) is 17.3 Å². The monoisotopic (exact) mass is 432 g/mol. The first kappa shape index (κ1) is 22.6. The molecule has 32 heavy (non-hydrogen) atoms. The van der Waals surface area contributed by atoms with E-state index >= 15 is 0 Å². The van der Waals surface area contributed by atoms with Crippen molar-refractivity contribution in [2.24, 2.45) is 5.11 Å². The number of aromatic nitrogens is 2. The van der Waals surface area contributed by atoms with E-state index in [1.807, 2.05) is 19.0 Å². The minimum atomic E-state index is -0.528. The second-order valence-corrected chi connectivity index (χ2v) is 6.85. The molecule has 0 fully saturated rings. The predicted octanol–water partition coefficient (Wildman–Crippen LogP) is 4.96. The molecule has 3 rings (SSSR count). The maximum atomic E-state index is 14.5. The van der Waals surface area contributed by atoms with Gasteiger partial charge in [0.2, 0.25) is 0 Å². The normalized spacial score (nSPS) is 10.7. The van der Waals surface area contributed by atoms with Crippen LogP contribution in [-0.2, 0) is 0 Å². The van der Waals surface area contributed by atoms with Gasteiger partial charge in [-0.2, -0.15) is 0 Å². The molecule has 0 unspecified atom stereocenters. The Hall–Kier alpha value is -4.12. The van der Waals surface area contributed by atoms with Crippen LogP contribution < -0.4 is 9.47 Å². The average Bonchev–Trinajstić information content (AvgIpc) is 2.78. The lowest BCUT2D eigenvalue weighted by Crippen LogP contribution is -2.19. The van der Waals surface area contributed by atoms with Gasteiger partial charge in [-0.05, 0) is 56.7 Å². The van der Waals surface area contributed by atoms with Crippen molar-refractivity contribution in [1.29, 1.82) is 0 Å². The van der Waals surface area contributed by atoms with Crippen LogP contribution >= 0.6 is 0 Å². The standard InChI is InChI=1S/C23H21FN6O2/c1-4-14-32-23-20(11-7-16-5-8-17(9-6-16)28-29-25)26-21-19(27-23)12-10-18(24)22(21)31-15-13-30(2)3/h4-6,8-10,12,14H,13,15H2,1-3H3. The van der Waals surface area contributed by atoms with Crippen molar-refractivity contribution in [3.8, 4) is 23.5 Å². The SMILES string of the molecule is CC=COc1nc2ccc(F)c(OCCN(C)C)c2nc1C#Cc1ccc(N=[N+]=[N-])cc1. The number of nitrogens with zero attached hydrogens (tertiary/aromatic N) is 6. The molecule has 0 amide bonds. The Morgan fingerprint density at radius 1 is 1.16 bits per heavy atom. The number of allylic oxidation sites excluding steroid dienone is 1. The van der Waals surface area contributed by atoms with Crippen LogP contribution in [0.15, 0.2) is 53.9 Å². The number of hydrogen-bond donors (Lipinski definition) is 0. The van der Waals surface area contributed by atoms with Crippen LogP contribution in [0.3, 0.4) is 0 Å². The van der Waals surface area contributed by atoms with Gasteiger partial charge in [0.25, 0.3) is 5.88 Å². The van der Waals surface area contributed by atoms with E-state index in [0.717, 1.165) is 0 Å². The third kappa shape index (κ3) is 5.73. The molecular formula is C23H21FN6O2. The van der Waals surface area contributed by atoms with E-state index in [0.29, 0.717) is 29.9 Å². The molecule has 1 aromatic heterocycles. The fourth-order valence-electron chi connectivity index (χ4n) is 2.61. The van der Waals surface area contributed by atoms with E-state index in [4.69, 9.17) is 15.0 Å². The van der Waals surface area contributed by atoms with Gasteiger partial charge < -0.3 is 14.4 Å². The van der Waals surface area contributed by atoms with E-state index < -0.39 is 5.82 Å². The molecule has 1 heterocycles. The van der Waals surface area contributed by atoms with Crippen molar-refractivity contribution < 1.29 is 13.9 Å². The number of azide groups is 1. The Kier molecular flexibility index (Phi) is 7.60. The molecule has 0 aliphatic carbocycles. The number of halogens is 1. The van der Waals surface area contributed by atoms with Crippen molar-refractivity contribution in [1.82, 2.24) is 14.9 Å². The Morgan fingerprint density at radius 2 is 1.94 bits per heavy atom. The summed E-state index contributed by atoms with van der Waals surface area (Å²) in [6, 6.07) is 9.54. The second kappa shape index (κ2) is 10.8. The van der Waals surface area contributed by atoms with Gasteiger partial charge in [-0.1, -0.05) is 29.2 Å². The van der Waals surface area contributed by atoms with Gasteiger partial charge in [-0.3, -0.25) is 0 Å². The summed E-state index contributed by atoms with van der Waals surface area (Å²) in [6.07, 6.45) is 3.17. The molecular weight excluding hydrogens is 411 g/mol. The molecule has 0 spiro atoms. The first-order chi connectivity index (χ1) is 15.5. The quantitative estimate of drug-likeness (QED) is 0.173. The third-order valence-corrected chi connectivity index (χ3v) is 4.16. The maximum Gasteiger partial charge on any atom is 0.254 e. The molecule has 8 nitrogen and oxygen atoms in total. The molecule has 0 aliphatic heterocycles. The number of likely N-dealkylation sites (N-methyl/N-ethyl adjacent to an activating group) is 1. The van der Waals surface area contributed by atoms with Crippen LogP contribution in [-0.4, -0.2) is 42.1 Å². The zero-order valence-electron chi connectivity index (χ0n) is 17.9. The third-order valence-electron chi connectivity index (χ3n) is 4.16. The Morgan fingerprint density at radius 3 is 2.62 bits per heavy atom. The van der Waals surface area contributed by atoms with Crippen LogP contribution in [0.4, 0.5) is 10.1 Å². The highest BCUT2D eigenvalue weighted by Crippen LogP contribution is 2.29. The van der Waals surface area contributed by atoms with Crippen molar-refractivity contribution in [3.05, 3.63) is 76.3 Å². The molecule has 2 aromatic carbocycles. The zero-order valence-corrected chi connectivity index (χ0v) is 17.9. The number of ether oxygens (including phenoxy) is 2. The van der Waals surface area contributed by atoms with Crippen LogP contribution in [0.25, 0.3) is 21.5 Å². The number of rotatable bonds is 7. The summed E-state index contributed by atoms with van der Waals surface area (Å²) in [7, 11) is 3.81. The van der Waals surface area contributed by atoms with Gasteiger partial charge in [-0.15, -0.1) is 0 Å². The lowest BCUT2D eigenvalue weighted by Gasteiger charge is -2.13. The largest absolute Gasteiger partial charge is 0.487 e. The summed E-state index contributed by atoms with van der Waals surface area (Å²) in [5, 5.41) is 3.53. The molecule has 0 saturated heterocycles. The highest BCUT2D eigenvalue weighted by Gasteiger charge is 2.16. The summed E-state index contributed by atoms with van der Waals surface area (Å²) < 4.78 is 25.7. The zero-order chi connectivity index (χ0) is 22.9. The smallest absolute Gasteiger partial charge is 0.254 e. The average molecular weight is 432 g/mol. The minimum absolute atomic E-state index is 0.0243. The molecule has 9 heteroatoms. The van der Waals surface area contributed by atoms with Crippen molar-refractivity contribution in [2.45, 2.75) is 6.92 Å². The van der Waals surface area contributed by atoms with Gasteiger partial charge in [0.05, 0.1) is 11.8 Å². The van der Waals surface area contributed by atoms with E-state index in [1.165, 1.54) is 18.4 Å². The van der Waals surface area contributed by atoms with Crippen LogP contribution in [0.1, 0.15) is 18.2 Å².